The number of hydrogen-bond donors (Lipinski definition) is 0. The van der Waals surface area contributed by atoms with Gasteiger partial charge in [0, 0.05) is 0 Å². The summed E-state index contributed by atoms with van der Waals surface area (Å²) in [6.45, 7) is 10.2. The lowest BCUT2D eigenvalue weighted by molar-refractivity contribution is 0.0720. The molecule has 0 amide bonds. The highest BCUT2D eigenvalue weighted by atomic mass is 16.5. The van der Waals surface area contributed by atoms with Crippen LogP contribution in [0.3, 0.4) is 0 Å². The minimum Gasteiger partial charge on any atom is -0.494 e. The second-order valence-electron chi connectivity index (χ2n) is 17.4. The van der Waals surface area contributed by atoms with Gasteiger partial charge in [-0.1, -0.05) is 103 Å². The summed E-state index contributed by atoms with van der Waals surface area (Å²) in [5.41, 5.74) is 2.80. The summed E-state index contributed by atoms with van der Waals surface area (Å²) in [5, 5.41) is 0. The Kier molecular flexibility index (Phi) is 19.4. The summed E-state index contributed by atoms with van der Waals surface area (Å²) in [4.78, 5) is 51.8. The van der Waals surface area contributed by atoms with Gasteiger partial charge in [0.25, 0.3) is 0 Å². The molecule has 1 atom stereocenters. The van der Waals surface area contributed by atoms with Crippen LogP contribution in [0.4, 0.5) is 0 Å². The first-order valence-corrected chi connectivity index (χ1v) is 23.8. The van der Waals surface area contributed by atoms with Crippen molar-refractivity contribution in [3.63, 3.8) is 0 Å². The first-order valence-electron chi connectivity index (χ1n) is 23.8. The van der Waals surface area contributed by atoms with Gasteiger partial charge in [0.2, 0.25) is 0 Å². The van der Waals surface area contributed by atoms with E-state index in [2.05, 4.69) is 27.7 Å². The molecule has 6 rings (SSSR count). The van der Waals surface area contributed by atoms with E-state index < -0.39 is 23.9 Å². The van der Waals surface area contributed by atoms with Crippen molar-refractivity contribution in [2.75, 3.05) is 13.2 Å². The van der Waals surface area contributed by atoms with Crippen molar-refractivity contribution in [3.8, 4) is 45.6 Å². The Hall–Kier alpha value is -7.20. The first kappa shape index (κ1) is 50.2. The van der Waals surface area contributed by atoms with E-state index in [1.54, 1.807) is 91.0 Å². The summed E-state index contributed by atoms with van der Waals surface area (Å²) in [6.07, 6.45) is 11.8. The second-order valence-corrected chi connectivity index (χ2v) is 17.4. The quantitative estimate of drug-likeness (QED) is 0.0311. The normalized spacial score (nSPS) is 11.4. The number of benzene rings is 6. The molecule has 0 saturated carbocycles. The van der Waals surface area contributed by atoms with Crippen LogP contribution in [0.25, 0.3) is 11.1 Å². The van der Waals surface area contributed by atoms with Crippen molar-refractivity contribution < 1.29 is 47.6 Å². The second kappa shape index (κ2) is 26.2. The Balaban J connectivity index is 0.922. The van der Waals surface area contributed by atoms with Gasteiger partial charge in [0.05, 0.1) is 35.5 Å². The predicted molar refractivity (Wildman–Crippen MR) is 264 cm³/mol. The van der Waals surface area contributed by atoms with E-state index in [1.807, 2.05) is 6.07 Å². The molecule has 68 heavy (non-hydrogen) atoms. The molecule has 6 aromatic rings. The maximum atomic E-state index is 13.2. The molecule has 6 aromatic carbocycles. The van der Waals surface area contributed by atoms with Gasteiger partial charge in [0.1, 0.15) is 34.5 Å². The van der Waals surface area contributed by atoms with Gasteiger partial charge in [-0.25, -0.2) is 19.2 Å². The summed E-state index contributed by atoms with van der Waals surface area (Å²) in [6, 6.07) is 39.9. The number of ether oxygens (including phenoxy) is 6. The lowest BCUT2D eigenvalue weighted by Crippen LogP contribution is -2.10. The van der Waals surface area contributed by atoms with E-state index in [0.717, 1.165) is 42.1 Å². The lowest BCUT2D eigenvalue weighted by Gasteiger charge is -2.13. The van der Waals surface area contributed by atoms with E-state index in [1.165, 1.54) is 93.5 Å². The third kappa shape index (κ3) is 16.3. The van der Waals surface area contributed by atoms with Crippen molar-refractivity contribution in [1.29, 1.82) is 0 Å². The highest BCUT2D eigenvalue weighted by Gasteiger charge is 2.16. The topological polar surface area (TPSA) is 124 Å². The molecular weight excluding hydrogens is 857 g/mol. The van der Waals surface area contributed by atoms with Crippen LogP contribution in [0.2, 0.25) is 0 Å². The van der Waals surface area contributed by atoms with Gasteiger partial charge in [-0.2, -0.15) is 0 Å². The van der Waals surface area contributed by atoms with Gasteiger partial charge >= 0.3 is 23.9 Å². The molecule has 0 aliphatic heterocycles. The Labute approximate surface area is 400 Å². The Bertz CT molecular complexity index is 2510. The molecule has 0 bridgehead atoms. The molecule has 0 fully saturated rings. The van der Waals surface area contributed by atoms with Gasteiger partial charge in [0.15, 0.2) is 0 Å². The van der Waals surface area contributed by atoms with Crippen LogP contribution in [0.1, 0.15) is 133 Å². The number of carbonyl (C=O) groups is 4. The van der Waals surface area contributed by atoms with Gasteiger partial charge in [-0.05, 0) is 157 Å². The predicted octanol–water partition coefficient (Wildman–Crippen LogP) is 14.2. The molecular formula is C58H62O10. The Morgan fingerprint density at radius 2 is 0.794 bits per heavy atom. The third-order valence-corrected chi connectivity index (χ3v) is 11.3. The fourth-order valence-electron chi connectivity index (χ4n) is 7.28. The van der Waals surface area contributed by atoms with Crippen LogP contribution in [0.5, 0.6) is 34.5 Å². The zero-order chi connectivity index (χ0) is 48.1. The molecule has 0 spiro atoms. The molecule has 0 unspecified atom stereocenters. The van der Waals surface area contributed by atoms with Gasteiger partial charge < -0.3 is 28.4 Å². The molecule has 354 valence electrons. The van der Waals surface area contributed by atoms with E-state index in [4.69, 9.17) is 28.4 Å². The zero-order valence-electron chi connectivity index (χ0n) is 39.6. The van der Waals surface area contributed by atoms with Crippen LogP contribution in [0.15, 0.2) is 146 Å². The highest BCUT2D eigenvalue weighted by Crippen LogP contribution is 2.27. The van der Waals surface area contributed by atoms with Crippen LogP contribution >= 0.6 is 0 Å². The van der Waals surface area contributed by atoms with Crippen LogP contribution in [-0.4, -0.2) is 37.1 Å². The maximum Gasteiger partial charge on any atom is 0.343 e. The number of carbonyl (C=O) groups excluding carboxylic acids is 4. The van der Waals surface area contributed by atoms with Crippen molar-refractivity contribution in [2.45, 2.75) is 91.9 Å². The monoisotopic (exact) mass is 918 g/mol. The molecule has 10 nitrogen and oxygen atoms in total. The van der Waals surface area contributed by atoms with Gasteiger partial charge in [-0.3, -0.25) is 0 Å². The standard InChI is InChI=1S/C58H62O10/c1-5-6-7-8-9-10-38-63-49-25-19-44(20-26-49)55(59)66-52-29-21-45(22-30-52)56(60)65-51-27-17-43(18-28-51)47-15-12-16-48(40-47)58(62)68-53-31-23-46(24-32-53)57(61)67-54-35-33-50(34-36-54)64-39-37-42(4)14-11-13-41(2)3/h12,15-36,40-42H,5-11,13-14,37-39H2,1-4H3/t42-/m0/s1. The average Bonchev–Trinajstić information content (AvgIpc) is 3.35. The van der Waals surface area contributed by atoms with E-state index >= 15 is 0 Å². The molecule has 0 saturated heterocycles. The Morgan fingerprint density at radius 1 is 0.382 bits per heavy atom. The van der Waals surface area contributed by atoms with Crippen LogP contribution in [0, 0.1) is 11.8 Å². The summed E-state index contributed by atoms with van der Waals surface area (Å²) >= 11 is 0. The fraction of sp³-hybridized carbons (Fsp3) is 0.310. The molecule has 0 N–H and O–H groups in total. The number of rotatable bonds is 25. The number of esters is 4. The molecule has 10 heteroatoms. The van der Waals surface area contributed by atoms with Crippen molar-refractivity contribution >= 4 is 23.9 Å². The van der Waals surface area contributed by atoms with E-state index in [0.29, 0.717) is 53.1 Å². The number of hydrogen-bond acceptors (Lipinski definition) is 10. The Morgan fingerprint density at radius 3 is 1.29 bits per heavy atom. The zero-order valence-corrected chi connectivity index (χ0v) is 39.6. The van der Waals surface area contributed by atoms with Crippen LogP contribution < -0.4 is 28.4 Å². The first-order chi connectivity index (χ1) is 33.0. The van der Waals surface area contributed by atoms with Crippen molar-refractivity contribution in [3.05, 3.63) is 168 Å². The smallest absolute Gasteiger partial charge is 0.343 e. The van der Waals surface area contributed by atoms with E-state index in [-0.39, 0.29) is 17.1 Å². The summed E-state index contributed by atoms with van der Waals surface area (Å²) < 4.78 is 34.0. The van der Waals surface area contributed by atoms with Crippen LogP contribution in [-0.2, 0) is 0 Å². The lowest BCUT2D eigenvalue weighted by atomic mass is 9.98. The van der Waals surface area contributed by atoms with Crippen molar-refractivity contribution in [2.24, 2.45) is 11.8 Å². The highest BCUT2D eigenvalue weighted by molar-refractivity contribution is 5.94. The molecule has 0 heterocycles. The largest absolute Gasteiger partial charge is 0.494 e. The fourth-order valence-corrected chi connectivity index (χ4v) is 7.28. The van der Waals surface area contributed by atoms with E-state index in [9.17, 15) is 19.2 Å². The minimum absolute atomic E-state index is 0.264. The molecule has 0 aliphatic rings. The SMILES string of the molecule is CCCCCCCCOc1ccc(C(=O)Oc2ccc(C(=O)Oc3ccc(-c4cccc(C(=O)Oc5ccc(C(=O)Oc6ccc(OCC[C@@H](C)CCCC(C)C)cc6)cc5)c4)cc3)cc2)cc1. The molecule has 0 aromatic heterocycles. The van der Waals surface area contributed by atoms with Crippen molar-refractivity contribution in [1.82, 2.24) is 0 Å². The summed E-state index contributed by atoms with van der Waals surface area (Å²) in [5.74, 6) is 1.79. The average molecular weight is 919 g/mol. The van der Waals surface area contributed by atoms with Gasteiger partial charge in [-0.15, -0.1) is 0 Å². The minimum atomic E-state index is -0.583. The summed E-state index contributed by atoms with van der Waals surface area (Å²) in [7, 11) is 0. The maximum absolute atomic E-state index is 13.2. The molecule has 0 aliphatic carbocycles. The number of unbranched alkanes of at least 4 members (excludes halogenated alkanes) is 5. The molecule has 0 radical (unpaired) electrons. The third-order valence-electron chi connectivity index (χ3n) is 11.3.